The van der Waals surface area contributed by atoms with Gasteiger partial charge in [0.15, 0.2) is 11.6 Å². The summed E-state index contributed by atoms with van der Waals surface area (Å²) in [5, 5.41) is 23.5. The van der Waals surface area contributed by atoms with Crippen LogP contribution >= 0.6 is 0 Å². The molecule has 20 heavy (non-hydrogen) atoms. The summed E-state index contributed by atoms with van der Waals surface area (Å²) < 4.78 is 0. The lowest BCUT2D eigenvalue weighted by Crippen LogP contribution is -2.24. The van der Waals surface area contributed by atoms with Crippen LogP contribution in [0.2, 0.25) is 0 Å². The number of likely N-dealkylation sites (N-methyl/N-ethyl adjacent to an activating group) is 1. The molecule has 1 aliphatic rings. The van der Waals surface area contributed by atoms with Gasteiger partial charge in [0.2, 0.25) is 0 Å². The third-order valence-corrected chi connectivity index (χ3v) is 3.70. The van der Waals surface area contributed by atoms with Crippen LogP contribution in [0.5, 0.6) is 11.5 Å². The molecule has 5 nitrogen and oxygen atoms in total. The van der Waals surface area contributed by atoms with Gasteiger partial charge in [0.1, 0.15) is 11.5 Å². The van der Waals surface area contributed by atoms with Crippen LogP contribution in [0.4, 0.5) is 0 Å². The van der Waals surface area contributed by atoms with Gasteiger partial charge in [-0.05, 0) is 45.0 Å². The molecule has 0 radical (unpaired) electrons. The minimum atomic E-state index is -0.469. The maximum Gasteiger partial charge on any atom is 0.190 e. The third kappa shape index (κ3) is 2.10. The van der Waals surface area contributed by atoms with Crippen molar-refractivity contribution in [3.05, 3.63) is 34.4 Å². The third-order valence-electron chi connectivity index (χ3n) is 3.70. The highest BCUT2D eigenvalue weighted by Crippen LogP contribution is 2.40. The Balaban J connectivity index is 2.70. The maximum absolute atomic E-state index is 11.9. The number of allylic oxidation sites excluding steroid dienone is 2. The second-order valence-corrected chi connectivity index (χ2v) is 5.01. The number of rotatable bonds is 3. The summed E-state index contributed by atoms with van der Waals surface area (Å²) in [5.74, 6) is -1.37. The minimum absolute atomic E-state index is 0.0574. The molecule has 0 heterocycles. The Morgan fingerprint density at radius 1 is 1.10 bits per heavy atom. The first-order chi connectivity index (χ1) is 9.38. The molecule has 0 aliphatic heterocycles. The minimum Gasteiger partial charge on any atom is -0.507 e. The fraction of sp³-hybridized carbons (Fsp3) is 0.333. The Kier molecular flexibility index (Phi) is 3.63. The van der Waals surface area contributed by atoms with Crippen LogP contribution in [0.3, 0.4) is 0 Å². The van der Waals surface area contributed by atoms with E-state index in [4.69, 9.17) is 0 Å². The van der Waals surface area contributed by atoms with Crippen molar-refractivity contribution >= 4 is 11.6 Å². The molecule has 0 bridgehead atoms. The summed E-state index contributed by atoms with van der Waals surface area (Å²) in [4.78, 5) is 23.7. The smallest absolute Gasteiger partial charge is 0.190 e. The standard InChI is InChI=1S/C15H17NO4/c1-7(16-3)6-9-8(2)14(19)12-10(17)4-5-11(18)13(12)15(9)20/h4-5,7,16,19-20H,6H2,1-3H3. The largest absolute Gasteiger partial charge is 0.507 e. The van der Waals surface area contributed by atoms with Crippen LogP contribution in [0.15, 0.2) is 12.2 Å². The van der Waals surface area contributed by atoms with Gasteiger partial charge in [0, 0.05) is 11.6 Å². The molecular formula is C15H17NO4. The molecule has 0 fully saturated rings. The van der Waals surface area contributed by atoms with Crippen molar-refractivity contribution in [1.29, 1.82) is 0 Å². The van der Waals surface area contributed by atoms with Crippen molar-refractivity contribution in [2.45, 2.75) is 26.3 Å². The van der Waals surface area contributed by atoms with Crippen molar-refractivity contribution < 1.29 is 19.8 Å². The fourth-order valence-electron chi connectivity index (χ4n) is 2.35. The van der Waals surface area contributed by atoms with Crippen molar-refractivity contribution in [2.24, 2.45) is 0 Å². The van der Waals surface area contributed by atoms with E-state index >= 15 is 0 Å². The number of hydrogen-bond donors (Lipinski definition) is 3. The average Bonchev–Trinajstić information content (AvgIpc) is 2.43. The number of phenolic OH excluding ortho intramolecular Hbond substituents is 2. The lowest BCUT2D eigenvalue weighted by atomic mass is 9.86. The Hall–Kier alpha value is -2.14. The number of carbonyl (C=O) groups is 2. The average molecular weight is 275 g/mol. The fourth-order valence-corrected chi connectivity index (χ4v) is 2.35. The van der Waals surface area contributed by atoms with E-state index in [1.165, 1.54) is 0 Å². The van der Waals surface area contributed by atoms with E-state index in [-0.39, 0.29) is 28.7 Å². The molecule has 1 aromatic rings. The maximum atomic E-state index is 11.9. The molecule has 1 unspecified atom stereocenters. The Morgan fingerprint density at radius 3 is 2.10 bits per heavy atom. The zero-order chi connectivity index (χ0) is 15.0. The summed E-state index contributed by atoms with van der Waals surface area (Å²) >= 11 is 0. The number of carbonyl (C=O) groups excluding carboxylic acids is 2. The van der Waals surface area contributed by atoms with Crippen molar-refractivity contribution in [1.82, 2.24) is 5.32 Å². The van der Waals surface area contributed by atoms with Gasteiger partial charge >= 0.3 is 0 Å². The molecule has 1 aromatic carbocycles. The van der Waals surface area contributed by atoms with E-state index in [1.54, 1.807) is 14.0 Å². The number of fused-ring (bicyclic) bond motifs is 1. The first-order valence-corrected chi connectivity index (χ1v) is 6.39. The Bertz CT molecular complexity index is 631. The summed E-state index contributed by atoms with van der Waals surface area (Å²) in [6, 6.07) is 0.0574. The molecule has 0 spiro atoms. The molecular weight excluding hydrogens is 258 g/mol. The van der Waals surface area contributed by atoms with Crippen LogP contribution in [0, 0.1) is 6.92 Å². The topological polar surface area (TPSA) is 86.6 Å². The summed E-state index contributed by atoms with van der Waals surface area (Å²) in [7, 11) is 1.78. The highest BCUT2D eigenvalue weighted by atomic mass is 16.3. The molecule has 0 aromatic heterocycles. The normalized spacial score (nSPS) is 15.3. The van der Waals surface area contributed by atoms with Crippen LogP contribution < -0.4 is 5.32 Å². The highest BCUT2D eigenvalue weighted by molar-refractivity contribution is 6.24. The summed E-state index contributed by atoms with van der Waals surface area (Å²) in [6.45, 7) is 3.55. The van der Waals surface area contributed by atoms with E-state index in [9.17, 15) is 19.8 Å². The van der Waals surface area contributed by atoms with Gasteiger partial charge < -0.3 is 15.5 Å². The van der Waals surface area contributed by atoms with Gasteiger partial charge in [-0.25, -0.2) is 0 Å². The molecule has 1 aliphatic carbocycles. The predicted molar refractivity (Wildman–Crippen MR) is 74.5 cm³/mol. The van der Waals surface area contributed by atoms with Crippen molar-refractivity contribution in [2.75, 3.05) is 7.05 Å². The zero-order valence-corrected chi connectivity index (χ0v) is 11.7. The van der Waals surface area contributed by atoms with Crippen LogP contribution in [-0.2, 0) is 6.42 Å². The summed E-state index contributed by atoms with van der Waals surface area (Å²) in [6.07, 6.45) is 2.67. The number of ketones is 2. The lowest BCUT2D eigenvalue weighted by molar-refractivity contribution is 0.0989. The molecule has 106 valence electrons. The number of hydrogen-bond acceptors (Lipinski definition) is 5. The monoisotopic (exact) mass is 275 g/mol. The van der Waals surface area contributed by atoms with E-state index in [0.717, 1.165) is 12.2 Å². The van der Waals surface area contributed by atoms with Crippen molar-refractivity contribution in [3.8, 4) is 11.5 Å². The number of nitrogens with one attached hydrogen (secondary N) is 1. The number of phenols is 2. The van der Waals surface area contributed by atoms with E-state index in [2.05, 4.69) is 5.32 Å². The van der Waals surface area contributed by atoms with Crippen molar-refractivity contribution in [3.63, 3.8) is 0 Å². The molecule has 3 N–H and O–H groups in total. The first kappa shape index (κ1) is 14.3. The van der Waals surface area contributed by atoms with E-state index in [1.807, 2.05) is 6.92 Å². The number of benzene rings is 1. The van der Waals surface area contributed by atoms with Gasteiger partial charge in [-0.15, -0.1) is 0 Å². The zero-order valence-electron chi connectivity index (χ0n) is 11.7. The number of aromatic hydroxyl groups is 2. The van der Waals surface area contributed by atoms with Gasteiger partial charge in [0.25, 0.3) is 0 Å². The SMILES string of the molecule is CNC(C)Cc1c(C)c(O)c2c(c1O)C(=O)C=CC2=O. The first-order valence-electron chi connectivity index (χ1n) is 6.39. The molecule has 0 saturated carbocycles. The molecule has 5 heteroatoms. The Labute approximate surface area is 116 Å². The Morgan fingerprint density at radius 2 is 1.60 bits per heavy atom. The molecule has 1 atom stereocenters. The lowest BCUT2D eigenvalue weighted by Gasteiger charge is -2.20. The predicted octanol–water partition coefficient (Wildman–Crippen LogP) is 1.49. The van der Waals surface area contributed by atoms with E-state index in [0.29, 0.717) is 17.5 Å². The molecule has 0 amide bonds. The molecule has 2 rings (SSSR count). The van der Waals surface area contributed by atoms with Crippen LogP contribution in [-0.4, -0.2) is 34.9 Å². The highest BCUT2D eigenvalue weighted by Gasteiger charge is 2.30. The second kappa shape index (κ2) is 5.09. The molecule has 0 saturated heterocycles. The quantitative estimate of drug-likeness (QED) is 0.728. The second-order valence-electron chi connectivity index (χ2n) is 5.01. The van der Waals surface area contributed by atoms with Gasteiger partial charge in [0.05, 0.1) is 11.1 Å². The van der Waals surface area contributed by atoms with Gasteiger partial charge in [-0.2, -0.15) is 0 Å². The van der Waals surface area contributed by atoms with Gasteiger partial charge in [-0.1, -0.05) is 0 Å². The van der Waals surface area contributed by atoms with Crippen LogP contribution in [0.1, 0.15) is 38.8 Å². The van der Waals surface area contributed by atoms with Crippen LogP contribution in [0.25, 0.3) is 0 Å². The summed E-state index contributed by atoms with van der Waals surface area (Å²) in [5.41, 5.74) is 0.714. The van der Waals surface area contributed by atoms with E-state index < -0.39 is 11.6 Å². The van der Waals surface area contributed by atoms with Gasteiger partial charge in [-0.3, -0.25) is 9.59 Å².